The summed E-state index contributed by atoms with van der Waals surface area (Å²) in [6, 6.07) is 10.1. The van der Waals surface area contributed by atoms with E-state index in [1.807, 2.05) is 19.9 Å². The molecular weight excluding hydrogens is 354 g/mol. The van der Waals surface area contributed by atoms with Crippen molar-refractivity contribution in [2.24, 2.45) is 0 Å². The van der Waals surface area contributed by atoms with Gasteiger partial charge < -0.3 is 9.26 Å². The normalized spacial score (nSPS) is 10.4. The van der Waals surface area contributed by atoms with Gasteiger partial charge in [-0.3, -0.25) is 20.4 Å². The fraction of sp³-hybridized carbons (Fsp3) is 0.167. The number of hydrogen-bond donors (Lipinski definition) is 2. The fourth-order valence-corrected chi connectivity index (χ4v) is 3.47. The van der Waals surface area contributed by atoms with E-state index in [2.05, 4.69) is 16.0 Å². The average molecular weight is 371 g/mol. The highest BCUT2D eigenvalue weighted by Crippen LogP contribution is 2.32. The molecule has 0 unspecified atom stereocenters. The highest BCUT2D eigenvalue weighted by molar-refractivity contribution is 7.17. The largest absolute Gasteiger partial charge is 0.497 e. The van der Waals surface area contributed by atoms with Crippen molar-refractivity contribution in [1.82, 2.24) is 16.0 Å². The Morgan fingerprint density at radius 1 is 1.04 bits per heavy atom. The Labute approximate surface area is 153 Å². The van der Waals surface area contributed by atoms with Gasteiger partial charge in [0.05, 0.1) is 23.2 Å². The summed E-state index contributed by atoms with van der Waals surface area (Å²) in [5.41, 5.74) is 6.88. The predicted octanol–water partition coefficient (Wildman–Crippen LogP) is 3.10. The summed E-state index contributed by atoms with van der Waals surface area (Å²) in [6.07, 6.45) is 0. The number of thiophene rings is 1. The second-order valence-electron chi connectivity index (χ2n) is 5.50. The van der Waals surface area contributed by atoms with E-state index in [9.17, 15) is 9.59 Å². The molecule has 3 aromatic rings. The second-order valence-corrected chi connectivity index (χ2v) is 6.58. The number of nitrogens with zero attached hydrogens (tertiary/aromatic N) is 1. The van der Waals surface area contributed by atoms with Crippen LogP contribution in [0.3, 0.4) is 0 Å². The lowest BCUT2D eigenvalue weighted by atomic mass is 10.2. The van der Waals surface area contributed by atoms with Crippen molar-refractivity contribution in [3.05, 3.63) is 58.3 Å². The maximum atomic E-state index is 12.3. The first kappa shape index (κ1) is 17.7. The minimum atomic E-state index is -0.413. The van der Waals surface area contributed by atoms with Crippen molar-refractivity contribution < 1.29 is 18.8 Å². The van der Waals surface area contributed by atoms with E-state index in [1.165, 1.54) is 11.3 Å². The van der Waals surface area contributed by atoms with Crippen LogP contribution in [0, 0.1) is 13.8 Å². The van der Waals surface area contributed by atoms with Crippen molar-refractivity contribution >= 4 is 23.2 Å². The Morgan fingerprint density at radius 2 is 1.73 bits per heavy atom. The van der Waals surface area contributed by atoms with Crippen molar-refractivity contribution in [2.75, 3.05) is 7.11 Å². The van der Waals surface area contributed by atoms with Gasteiger partial charge in [0.25, 0.3) is 11.8 Å². The van der Waals surface area contributed by atoms with E-state index in [0.717, 1.165) is 16.1 Å². The number of carbonyl (C=O) groups excluding carboxylic acids is 2. The molecule has 7 nitrogen and oxygen atoms in total. The van der Waals surface area contributed by atoms with Crippen LogP contribution >= 0.6 is 11.3 Å². The summed E-state index contributed by atoms with van der Waals surface area (Å²) in [7, 11) is 1.55. The zero-order valence-electron chi connectivity index (χ0n) is 14.5. The summed E-state index contributed by atoms with van der Waals surface area (Å²) in [6.45, 7) is 3.67. The quantitative estimate of drug-likeness (QED) is 0.688. The van der Waals surface area contributed by atoms with Crippen LogP contribution in [-0.2, 0) is 0 Å². The van der Waals surface area contributed by atoms with Crippen molar-refractivity contribution in [3.63, 3.8) is 0 Å². The molecule has 0 radical (unpaired) electrons. The third kappa shape index (κ3) is 3.60. The van der Waals surface area contributed by atoms with E-state index < -0.39 is 11.8 Å². The monoisotopic (exact) mass is 371 g/mol. The number of aromatic nitrogens is 1. The van der Waals surface area contributed by atoms with Crippen LogP contribution in [0.4, 0.5) is 0 Å². The van der Waals surface area contributed by atoms with Gasteiger partial charge in [0.1, 0.15) is 11.5 Å². The van der Waals surface area contributed by atoms with Gasteiger partial charge in [-0.15, -0.1) is 11.3 Å². The minimum absolute atomic E-state index is 0.394. The summed E-state index contributed by atoms with van der Waals surface area (Å²) in [5, 5.41) is 3.92. The lowest BCUT2D eigenvalue weighted by molar-refractivity contribution is 0.0849. The maximum absolute atomic E-state index is 12.3. The molecule has 0 saturated carbocycles. The van der Waals surface area contributed by atoms with Crippen LogP contribution in [0.1, 0.15) is 31.5 Å². The zero-order valence-corrected chi connectivity index (χ0v) is 15.3. The highest BCUT2D eigenvalue weighted by Gasteiger charge is 2.17. The summed E-state index contributed by atoms with van der Waals surface area (Å²) < 4.78 is 10.2. The van der Waals surface area contributed by atoms with Gasteiger partial charge in [-0.25, -0.2) is 0 Å². The number of rotatable bonds is 4. The van der Waals surface area contributed by atoms with E-state index in [0.29, 0.717) is 22.0 Å². The molecule has 0 atom stereocenters. The number of nitrogens with one attached hydrogen (secondary N) is 2. The van der Waals surface area contributed by atoms with E-state index in [4.69, 9.17) is 9.26 Å². The van der Waals surface area contributed by atoms with Crippen molar-refractivity contribution in [3.8, 4) is 16.2 Å². The van der Waals surface area contributed by atoms with Crippen LogP contribution in [0.2, 0.25) is 0 Å². The van der Waals surface area contributed by atoms with Gasteiger partial charge in [0.2, 0.25) is 0 Å². The molecule has 3 rings (SSSR count). The molecule has 2 amide bonds. The Balaban J connectivity index is 1.64. The standard InChI is InChI=1S/C18H17N3O4S/c1-10-16(11(2)25-21-10)14-8-9-15(26-14)18(23)20-19-17(22)12-4-6-13(24-3)7-5-12/h4-9H,1-3H3,(H,19,22)(H,20,23). The Hall–Kier alpha value is -3.13. The highest BCUT2D eigenvalue weighted by atomic mass is 32.1. The molecule has 0 aliphatic rings. The SMILES string of the molecule is COc1ccc(C(=O)NNC(=O)c2ccc(-c3c(C)noc3C)s2)cc1. The molecule has 2 heterocycles. The summed E-state index contributed by atoms with van der Waals surface area (Å²) in [5.74, 6) is 0.540. The van der Waals surface area contributed by atoms with E-state index in [1.54, 1.807) is 37.4 Å². The second kappa shape index (κ2) is 7.40. The molecule has 0 aliphatic carbocycles. The number of ether oxygens (including phenoxy) is 1. The molecule has 1 aromatic carbocycles. The summed E-state index contributed by atoms with van der Waals surface area (Å²) >= 11 is 1.30. The molecule has 0 spiro atoms. The number of benzene rings is 1. The molecule has 8 heteroatoms. The number of aryl methyl sites for hydroxylation is 2. The van der Waals surface area contributed by atoms with Gasteiger partial charge >= 0.3 is 0 Å². The predicted molar refractivity (Wildman–Crippen MR) is 97.2 cm³/mol. The molecule has 0 saturated heterocycles. The third-order valence-corrected chi connectivity index (χ3v) is 4.85. The average Bonchev–Trinajstić information content (AvgIpc) is 3.26. The van der Waals surface area contributed by atoms with Crippen LogP contribution in [-0.4, -0.2) is 24.1 Å². The molecule has 0 fully saturated rings. The summed E-state index contributed by atoms with van der Waals surface area (Å²) in [4.78, 5) is 25.7. The Bertz CT molecular complexity index is 924. The van der Waals surface area contributed by atoms with Crippen LogP contribution in [0.15, 0.2) is 40.9 Å². The van der Waals surface area contributed by atoms with Crippen LogP contribution < -0.4 is 15.6 Å². The van der Waals surface area contributed by atoms with Crippen molar-refractivity contribution in [2.45, 2.75) is 13.8 Å². The van der Waals surface area contributed by atoms with E-state index >= 15 is 0 Å². The first-order chi connectivity index (χ1) is 12.5. The van der Waals surface area contributed by atoms with Gasteiger partial charge in [0, 0.05) is 10.4 Å². The number of methoxy groups -OCH3 is 1. The minimum Gasteiger partial charge on any atom is -0.497 e. The maximum Gasteiger partial charge on any atom is 0.279 e. The Morgan fingerprint density at radius 3 is 2.35 bits per heavy atom. The van der Waals surface area contributed by atoms with Crippen molar-refractivity contribution in [1.29, 1.82) is 0 Å². The fourth-order valence-electron chi connectivity index (χ4n) is 2.42. The molecule has 0 bridgehead atoms. The molecular formula is C18H17N3O4S. The van der Waals surface area contributed by atoms with Gasteiger partial charge in [-0.2, -0.15) is 0 Å². The number of hydrogen-bond acceptors (Lipinski definition) is 6. The van der Waals surface area contributed by atoms with E-state index in [-0.39, 0.29) is 0 Å². The number of hydrazine groups is 1. The van der Waals surface area contributed by atoms with Gasteiger partial charge in [0.15, 0.2) is 0 Å². The lowest BCUT2D eigenvalue weighted by Gasteiger charge is -2.07. The first-order valence-electron chi connectivity index (χ1n) is 7.77. The topological polar surface area (TPSA) is 93.5 Å². The molecule has 2 N–H and O–H groups in total. The van der Waals surface area contributed by atoms with Crippen LogP contribution in [0.5, 0.6) is 5.75 Å². The molecule has 134 valence electrons. The molecule has 0 aliphatic heterocycles. The first-order valence-corrected chi connectivity index (χ1v) is 8.59. The smallest absolute Gasteiger partial charge is 0.279 e. The van der Waals surface area contributed by atoms with Crippen LogP contribution in [0.25, 0.3) is 10.4 Å². The molecule has 2 aromatic heterocycles. The Kier molecular flexibility index (Phi) is 5.04. The van der Waals surface area contributed by atoms with Gasteiger partial charge in [-0.1, -0.05) is 5.16 Å². The lowest BCUT2D eigenvalue weighted by Crippen LogP contribution is -2.41. The molecule has 26 heavy (non-hydrogen) atoms. The zero-order chi connectivity index (χ0) is 18.7. The number of carbonyl (C=O) groups is 2. The number of amides is 2. The van der Waals surface area contributed by atoms with Gasteiger partial charge in [-0.05, 0) is 50.2 Å². The third-order valence-electron chi connectivity index (χ3n) is 3.75.